The summed E-state index contributed by atoms with van der Waals surface area (Å²) >= 11 is 1.54. The number of fused-ring (bicyclic) bond motifs is 1. The average molecular weight is 170 g/mol. The van der Waals surface area contributed by atoms with Gasteiger partial charge in [-0.05, 0) is 12.8 Å². The van der Waals surface area contributed by atoms with Crippen molar-refractivity contribution in [1.82, 2.24) is 4.98 Å². The van der Waals surface area contributed by atoms with Crippen molar-refractivity contribution in [2.24, 2.45) is 5.84 Å². The van der Waals surface area contributed by atoms with Crippen LogP contribution < -0.4 is 16.6 Å². The lowest BCUT2D eigenvalue weighted by molar-refractivity contribution is 0.713. The first-order chi connectivity index (χ1) is 5.27. The van der Waals surface area contributed by atoms with E-state index < -0.39 is 0 Å². The molecule has 60 valence electrons. The Morgan fingerprint density at radius 1 is 1.55 bits per heavy atom. The summed E-state index contributed by atoms with van der Waals surface area (Å²) in [7, 11) is 0. The summed E-state index contributed by atoms with van der Waals surface area (Å²) < 4.78 is 0. The maximum absolute atomic E-state index is 5.68. The molecule has 1 aromatic heterocycles. The first kappa shape index (κ1) is 6.87. The molecule has 0 atom stereocenters. The third kappa shape index (κ3) is 1.06. The fraction of sp³-hybridized carbons (Fsp3) is 0.500. The normalized spacial score (nSPS) is 16.6. The second-order valence-electron chi connectivity index (χ2n) is 2.60. The predicted octanol–water partition coefficient (Wildman–Crippen LogP) is 0.352. The van der Waals surface area contributed by atoms with E-state index in [2.05, 4.69) is 4.98 Å². The van der Waals surface area contributed by atoms with Gasteiger partial charge in [-0.25, -0.2) is 10.8 Å². The van der Waals surface area contributed by atoms with Crippen LogP contribution in [0.4, 0.5) is 10.9 Å². The third-order valence-electron chi connectivity index (χ3n) is 1.77. The highest BCUT2D eigenvalue weighted by atomic mass is 32.1. The molecule has 0 radical (unpaired) electrons. The highest BCUT2D eigenvalue weighted by Gasteiger charge is 2.18. The van der Waals surface area contributed by atoms with Crippen molar-refractivity contribution in [2.75, 3.05) is 17.3 Å². The summed E-state index contributed by atoms with van der Waals surface area (Å²) in [5, 5.41) is 2.29. The summed E-state index contributed by atoms with van der Waals surface area (Å²) in [5.41, 5.74) is 5.55. The van der Waals surface area contributed by atoms with Crippen LogP contribution in [0.2, 0.25) is 0 Å². The van der Waals surface area contributed by atoms with Crippen molar-refractivity contribution < 1.29 is 0 Å². The van der Waals surface area contributed by atoms with Gasteiger partial charge in [-0.3, -0.25) is 5.01 Å². The molecule has 0 aliphatic carbocycles. The Bertz CT molecular complexity index is 270. The number of nitrogens with zero attached hydrogens (tertiary/aromatic N) is 2. The van der Waals surface area contributed by atoms with Crippen LogP contribution in [0.25, 0.3) is 0 Å². The number of aryl methyl sites for hydroxylation is 1. The van der Waals surface area contributed by atoms with E-state index >= 15 is 0 Å². The molecule has 1 aromatic rings. The Balaban J connectivity index is 2.43. The van der Waals surface area contributed by atoms with Crippen molar-refractivity contribution in [3.8, 4) is 0 Å². The number of anilines is 2. The van der Waals surface area contributed by atoms with Crippen molar-refractivity contribution >= 4 is 22.3 Å². The minimum absolute atomic E-state index is 0.618. The van der Waals surface area contributed by atoms with Crippen molar-refractivity contribution in [3.05, 3.63) is 4.88 Å². The van der Waals surface area contributed by atoms with Crippen LogP contribution in [-0.2, 0) is 6.42 Å². The number of hydrogen-bond donors (Lipinski definition) is 2. The standard InChI is InChI=1S/C6H10N4S/c7-6-9-5-4(11-6)2-1-3-10(5)8/h1-3,8H2,(H2,7,9). The third-order valence-corrected chi connectivity index (χ3v) is 2.70. The number of hydrogen-bond acceptors (Lipinski definition) is 5. The lowest BCUT2D eigenvalue weighted by Gasteiger charge is -2.21. The van der Waals surface area contributed by atoms with Gasteiger partial charge in [0.25, 0.3) is 0 Å². The molecule has 0 bridgehead atoms. The van der Waals surface area contributed by atoms with E-state index in [1.54, 1.807) is 5.01 Å². The number of hydrazine groups is 1. The van der Waals surface area contributed by atoms with Crippen molar-refractivity contribution in [3.63, 3.8) is 0 Å². The Morgan fingerprint density at radius 3 is 3.09 bits per heavy atom. The van der Waals surface area contributed by atoms with Gasteiger partial charge in [-0.1, -0.05) is 0 Å². The Morgan fingerprint density at radius 2 is 2.36 bits per heavy atom. The van der Waals surface area contributed by atoms with Crippen LogP contribution in [0.5, 0.6) is 0 Å². The maximum atomic E-state index is 5.68. The summed E-state index contributed by atoms with van der Waals surface area (Å²) in [6, 6.07) is 0. The van der Waals surface area contributed by atoms with Gasteiger partial charge in [-0.2, -0.15) is 0 Å². The molecule has 0 amide bonds. The van der Waals surface area contributed by atoms with E-state index in [1.807, 2.05) is 0 Å². The molecule has 11 heavy (non-hydrogen) atoms. The lowest BCUT2D eigenvalue weighted by Crippen LogP contribution is -2.35. The summed E-state index contributed by atoms with van der Waals surface area (Å²) in [6.07, 6.45) is 2.17. The number of thiazole rings is 1. The average Bonchev–Trinajstić information content (AvgIpc) is 2.31. The highest BCUT2D eigenvalue weighted by molar-refractivity contribution is 7.15. The van der Waals surface area contributed by atoms with Gasteiger partial charge < -0.3 is 5.73 Å². The van der Waals surface area contributed by atoms with Gasteiger partial charge >= 0.3 is 0 Å². The van der Waals surface area contributed by atoms with Crippen LogP contribution >= 0.6 is 11.3 Å². The molecule has 0 saturated carbocycles. The van der Waals surface area contributed by atoms with E-state index in [9.17, 15) is 0 Å². The SMILES string of the molecule is Nc1nc2c(s1)CCCN2N. The molecule has 0 fully saturated rings. The quantitative estimate of drug-likeness (QED) is 0.551. The second kappa shape index (κ2) is 2.35. The molecule has 2 heterocycles. The molecule has 0 aromatic carbocycles. The molecule has 0 unspecified atom stereocenters. The van der Waals surface area contributed by atoms with Gasteiger partial charge in [0.2, 0.25) is 0 Å². The number of nitrogens with two attached hydrogens (primary N) is 2. The molecule has 2 rings (SSSR count). The summed E-state index contributed by atoms with van der Waals surface area (Å²) in [6.45, 7) is 0.885. The summed E-state index contributed by atoms with van der Waals surface area (Å²) in [5.74, 6) is 6.56. The van der Waals surface area contributed by atoms with E-state index in [1.165, 1.54) is 16.2 Å². The number of aromatic nitrogens is 1. The molecule has 1 aliphatic heterocycles. The first-order valence-electron chi connectivity index (χ1n) is 3.55. The van der Waals surface area contributed by atoms with E-state index in [0.29, 0.717) is 5.13 Å². The molecular formula is C6H10N4S. The number of nitrogen functional groups attached to an aromatic ring is 1. The minimum Gasteiger partial charge on any atom is -0.375 e. The van der Waals surface area contributed by atoms with E-state index in [0.717, 1.165) is 25.2 Å². The molecule has 5 heteroatoms. The fourth-order valence-electron chi connectivity index (χ4n) is 1.26. The van der Waals surface area contributed by atoms with Crippen molar-refractivity contribution in [2.45, 2.75) is 12.8 Å². The first-order valence-corrected chi connectivity index (χ1v) is 4.36. The van der Waals surface area contributed by atoms with E-state index in [4.69, 9.17) is 11.6 Å². The van der Waals surface area contributed by atoms with Gasteiger partial charge in [0.15, 0.2) is 10.9 Å². The monoisotopic (exact) mass is 170 g/mol. The summed E-state index contributed by atoms with van der Waals surface area (Å²) in [4.78, 5) is 5.35. The van der Waals surface area contributed by atoms with Crippen LogP contribution in [0.3, 0.4) is 0 Å². The maximum Gasteiger partial charge on any atom is 0.182 e. The zero-order valence-corrected chi connectivity index (χ0v) is 6.90. The topological polar surface area (TPSA) is 68.2 Å². The van der Waals surface area contributed by atoms with E-state index in [-0.39, 0.29) is 0 Å². The fourth-order valence-corrected chi connectivity index (χ4v) is 2.15. The predicted molar refractivity (Wildman–Crippen MR) is 46.4 cm³/mol. The Hall–Kier alpha value is -0.810. The van der Waals surface area contributed by atoms with Crippen LogP contribution in [0.1, 0.15) is 11.3 Å². The Labute approximate surface area is 68.8 Å². The molecule has 4 N–H and O–H groups in total. The molecule has 0 spiro atoms. The molecule has 0 saturated heterocycles. The molecule has 4 nitrogen and oxygen atoms in total. The second-order valence-corrected chi connectivity index (χ2v) is 3.71. The Kier molecular flexibility index (Phi) is 1.47. The van der Waals surface area contributed by atoms with Crippen LogP contribution in [0.15, 0.2) is 0 Å². The van der Waals surface area contributed by atoms with Gasteiger partial charge in [-0.15, -0.1) is 11.3 Å². The zero-order chi connectivity index (χ0) is 7.84. The zero-order valence-electron chi connectivity index (χ0n) is 6.08. The van der Waals surface area contributed by atoms with Crippen molar-refractivity contribution in [1.29, 1.82) is 0 Å². The highest BCUT2D eigenvalue weighted by Crippen LogP contribution is 2.30. The van der Waals surface area contributed by atoms with Crippen LogP contribution in [-0.4, -0.2) is 11.5 Å². The number of rotatable bonds is 0. The van der Waals surface area contributed by atoms with Gasteiger partial charge in [0.05, 0.1) is 4.88 Å². The largest absolute Gasteiger partial charge is 0.375 e. The van der Waals surface area contributed by atoms with Gasteiger partial charge in [0, 0.05) is 6.54 Å². The van der Waals surface area contributed by atoms with Gasteiger partial charge in [0.1, 0.15) is 0 Å². The molecule has 1 aliphatic rings. The minimum atomic E-state index is 0.618. The molecular weight excluding hydrogens is 160 g/mol. The smallest absolute Gasteiger partial charge is 0.182 e. The lowest BCUT2D eigenvalue weighted by atomic mass is 10.2. The van der Waals surface area contributed by atoms with Crippen LogP contribution in [0, 0.1) is 0 Å².